The van der Waals surface area contributed by atoms with Gasteiger partial charge in [-0.15, -0.1) is 11.3 Å². The molecule has 1 aromatic heterocycles. The minimum absolute atomic E-state index is 0.231. The summed E-state index contributed by atoms with van der Waals surface area (Å²) in [5.41, 5.74) is 6.39. The molecule has 0 aromatic carbocycles. The average Bonchev–Trinajstić information content (AvgIpc) is 2.85. The van der Waals surface area contributed by atoms with Crippen LogP contribution in [-0.4, -0.2) is 48.6 Å². The molecule has 102 valence electrons. The Balaban J connectivity index is 2.19. The summed E-state index contributed by atoms with van der Waals surface area (Å²) in [5.74, 6) is 0. The Morgan fingerprint density at radius 2 is 2.28 bits per heavy atom. The Morgan fingerprint density at radius 3 is 2.83 bits per heavy atom. The first kappa shape index (κ1) is 14.0. The number of nitrogens with two attached hydrogens (primary N) is 1. The van der Waals surface area contributed by atoms with Gasteiger partial charge in [0.2, 0.25) is 0 Å². The quantitative estimate of drug-likeness (QED) is 0.907. The molecule has 0 saturated carbocycles. The molecule has 1 fully saturated rings. The lowest BCUT2D eigenvalue weighted by molar-refractivity contribution is 0.0506. The van der Waals surface area contributed by atoms with Crippen molar-refractivity contribution in [2.24, 2.45) is 5.73 Å². The molecule has 2 rings (SSSR count). The molecule has 3 nitrogen and oxygen atoms in total. The third-order valence-electron chi connectivity index (χ3n) is 3.95. The monoisotopic (exact) mass is 267 g/mol. The molecular formula is C14H25N3S. The number of thiophene rings is 1. The minimum atomic E-state index is 0.231. The van der Waals surface area contributed by atoms with E-state index in [0.717, 1.165) is 26.1 Å². The number of rotatable bonds is 4. The SMILES string of the molecule is CCC(N)C(c1cccs1)N1CCN(C)CC1C. The van der Waals surface area contributed by atoms with Crippen molar-refractivity contribution in [3.05, 3.63) is 22.4 Å². The topological polar surface area (TPSA) is 32.5 Å². The molecular weight excluding hydrogens is 242 g/mol. The molecule has 1 aliphatic heterocycles. The van der Waals surface area contributed by atoms with Gasteiger partial charge in [-0.2, -0.15) is 0 Å². The molecule has 0 bridgehead atoms. The van der Waals surface area contributed by atoms with Gasteiger partial charge in [0.25, 0.3) is 0 Å². The molecule has 0 aliphatic carbocycles. The Kier molecular flexibility index (Phi) is 4.78. The zero-order valence-electron chi connectivity index (χ0n) is 11.7. The van der Waals surface area contributed by atoms with Crippen molar-refractivity contribution in [2.75, 3.05) is 26.7 Å². The molecule has 4 heteroatoms. The van der Waals surface area contributed by atoms with Gasteiger partial charge in [-0.05, 0) is 31.8 Å². The molecule has 18 heavy (non-hydrogen) atoms. The predicted molar refractivity (Wildman–Crippen MR) is 79.0 cm³/mol. The highest BCUT2D eigenvalue weighted by atomic mass is 32.1. The first-order valence-corrected chi connectivity index (χ1v) is 7.74. The Hall–Kier alpha value is -0.420. The third-order valence-corrected chi connectivity index (χ3v) is 4.89. The molecule has 3 unspecified atom stereocenters. The minimum Gasteiger partial charge on any atom is -0.326 e. The van der Waals surface area contributed by atoms with Crippen LogP contribution in [0.3, 0.4) is 0 Å². The molecule has 2 heterocycles. The van der Waals surface area contributed by atoms with Gasteiger partial charge in [-0.25, -0.2) is 0 Å². The fourth-order valence-corrected chi connectivity index (χ4v) is 3.79. The van der Waals surface area contributed by atoms with Crippen LogP contribution in [0.25, 0.3) is 0 Å². The summed E-state index contributed by atoms with van der Waals surface area (Å²) in [5, 5.41) is 2.16. The van der Waals surface area contributed by atoms with Crippen molar-refractivity contribution in [1.82, 2.24) is 9.80 Å². The summed E-state index contributed by atoms with van der Waals surface area (Å²) in [6, 6.07) is 5.56. The predicted octanol–water partition coefficient (Wildman–Crippen LogP) is 2.16. The number of hydrogen-bond donors (Lipinski definition) is 1. The van der Waals surface area contributed by atoms with Gasteiger partial charge in [0.15, 0.2) is 0 Å². The fraction of sp³-hybridized carbons (Fsp3) is 0.714. The van der Waals surface area contributed by atoms with E-state index in [9.17, 15) is 0 Å². The van der Waals surface area contributed by atoms with Crippen molar-refractivity contribution in [3.8, 4) is 0 Å². The summed E-state index contributed by atoms with van der Waals surface area (Å²) in [6.45, 7) is 7.90. The maximum atomic E-state index is 6.39. The summed E-state index contributed by atoms with van der Waals surface area (Å²) in [7, 11) is 2.20. The van der Waals surface area contributed by atoms with E-state index in [2.05, 4.69) is 48.2 Å². The third kappa shape index (κ3) is 2.94. The summed E-state index contributed by atoms with van der Waals surface area (Å²) in [6.07, 6.45) is 1.03. The van der Waals surface area contributed by atoms with Crippen LogP contribution in [0.4, 0.5) is 0 Å². The van der Waals surface area contributed by atoms with E-state index in [-0.39, 0.29) is 6.04 Å². The highest BCUT2D eigenvalue weighted by Gasteiger charge is 2.32. The molecule has 1 aliphatic rings. The van der Waals surface area contributed by atoms with Crippen molar-refractivity contribution >= 4 is 11.3 Å². The number of piperazine rings is 1. The van der Waals surface area contributed by atoms with E-state index >= 15 is 0 Å². The van der Waals surface area contributed by atoms with E-state index in [1.54, 1.807) is 0 Å². The normalized spacial score (nSPS) is 26.1. The van der Waals surface area contributed by atoms with E-state index in [4.69, 9.17) is 5.73 Å². The van der Waals surface area contributed by atoms with Crippen LogP contribution in [-0.2, 0) is 0 Å². The van der Waals surface area contributed by atoms with Crippen LogP contribution >= 0.6 is 11.3 Å². The van der Waals surface area contributed by atoms with Crippen molar-refractivity contribution < 1.29 is 0 Å². The number of likely N-dealkylation sites (N-methyl/N-ethyl adjacent to an activating group) is 1. The van der Waals surface area contributed by atoms with E-state index in [1.807, 2.05) is 11.3 Å². The van der Waals surface area contributed by atoms with Gasteiger partial charge < -0.3 is 10.6 Å². The largest absolute Gasteiger partial charge is 0.326 e. The van der Waals surface area contributed by atoms with Crippen LogP contribution in [0.15, 0.2) is 17.5 Å². The zero-order valence-corrected chi connectivity index (χ0v) is 12.5. The van der Waals surface area contributed by atoms with Crippen LogP contribution in [0.2, 0.25) is 0 Å². The summed E-state index contributed by atoms with van der Waals surface area (Å²) >= 11 is 1.84. The van der Waals surface area contributed by atoms with Crippen LogP contribution in [0.1, 0.15) is 31.2 Å². The smallest absolute Gasteiger partial charge is 0.0596 e. The molecule has 0 spiro atoms. The van der Waals surface area contributed by atoms with Crippen molar-refractivity contribution in [3.63, 3.8) is 0 Å². The Labute approximate surface area is 115 Å². The van der Waals surface area contributed by atoms with Gasteiger partial charge >= 0.3 is 0 Å². The molecule has 0 amide bonds. The van der Waals surface area contributed by atoms with Crippen molar-refractivity contribution in [2.45, 2.75) is 38.4 Å². The van der Waals surface area contributed by atoms with E-state index in [1.165, 1.54) is 4.88 Å². The first-order valence-electron chi connectivity index (χ1n) is 6.86. The summed E-state index contributed by atoms with van der Waals surface area (Å²) < 4.78 is 0. The molecule has 1 aromatic rings. The molecule has 3 atom stereocenters. The number of nitrogens with zero attached hydrogens (tertiary/aromatic N) is 2. The first-order chi connectivity index (χ1) is 8.63. The van der Waals surface area contributed by atoms with Crippen LogP contribution < -0.4 is 5.73 Å². The van der Waals surface area contributed by atoms with Gasteiger partial charge in [-0.3, -0.25) is 4.90 Å². The van der Waals surface area contributed by atoms with Gasteiger partial charge in [0.05, 0.1) is 6.04 Å². The Morgan fingerprint density at radius 1 is 1.50 bits per heavy atom. The van der Waals surface area contributed by atoms with Gasteiger partial charge in [-0.1, -0.05) is 13.0 Å². The lowest BCUT2D eigenvalue weighted by Gasteiger charge is -2.44. The number of hydrogen-bond acceptors (Lipinski definition) is 4. The lowest BCUT2D eigenvalue weighted by atomic mass is 10.00. The lowest BCUT2D eigenvalue weighted by Crippen LogP contribution is -2.54. The second kappa shape index (κ2) is 6.15. The molecule has 2 N–H and O–H groups in total. The maximum absolute atomic E-state index is 6.39. The van der Waals surface area contributed by atoms with Crippen LogP contribution in [0.5, 0.6) is 0 Å². The van der Waals surface area contributed by atoms with E-state index < -0.39 is 0 Å². The molecule has 1 saturated heterocycles. The average molecular weight is 267 g/mol. The van der Waals surface area contributed by atoms with Crippen molar-refractivity contribution in [1.29, 1.82) is 0 Å². The van der Waals surface area contributed by atoms with E-state index in [0.29, 0.717) is 12.1 Å². The summed E-state index contributed by atoms with van der Waals surface area (Å²) in [4.78, 5) is 6.42. The fourth-order valence-electron chi connectivity index (χ4n) is 2.87. The van der Waals surface area contributed by atoms with Gasteiger partial charge in [0, 0.05) is 36.6 Å². The second-order valence-corrected chi connectivity index (χ2v) is 6.36. The van der Waals surface area contributed by atoms with Crippen LogP contribution in [0, 0.1) is 0 Å². The highest BCUT2D eigenvalue weighted by Crippen LogP contribution is 2.31. The zero-order chi connectivity index (χ0) is 13.1. The maximum Gasteiger partial charge on any atom is 0.0596 e. The molecule has 0 radical (unpaired) electrons. The highest BCUT2D eigenvalue weighted by molar-refractivity contribution is 7.10. The van der Waals surface area contributed by atoms with Gasteiger partial charge in [0.1, 0.15) is 0 Å². The second-order valence-electron chi connectivity index (χ2n) is 5.38. The standard InChI is InChI=1S/C14H25N3S/c1-4-12(15)14(13-6-5-9-18-13)17-8-7-16(3)10-11(17)2/h5-6,9,11-12,14H,4,7-8,10,15H2,1-3H3. The Bertz CT molecular complexity index is 352.